The molecule has 1 aliphatic heterocycles. The molecule has 3 amide bonds. The molecule has 0 radical (unpaired) electrons. The number of carbonyl (C=O) groups excluding carboxylic acids is 3. The SMILES string of the molecule is CC(=O)NC1CC(C(=O)NCc2ccccc2)=C(C)N(Cc2ccccc2)C1=O. The van der Waals surface area contributed by atoms with Gasteiger partial charge in [0.05, 0.1) is 6.54 Å². The number of benzene rings is 2. The van der Waals surface area contributed by atoms with Crippen LogP contribution in [0, 0.1) is 0 Å². The molecule has 2 aromatic carbocycles. The minimum atomic E-state index is -0.752. The zero-order valence-corrected chi connectivity index (χ0v) is 16.6. The minimum Gasteiger partial charge on any atom is -0.348 e. The van der Waals surface area contributed by atoms with E-state index in [4.69, 9.17) is 0 Å². The van der Waals surface area contributed by atoms with E-state index in [1.165, 1.54) is 6.92 Å². The Balaban J connectivity index is 1.84. The number of amides is 3. The summed E-state index contributed by atoms with van der Waals surface area (Å²) in [5.41, 5.74) is 3.07. The fourth-order valence-electron chi connectivity index (χ4n) is 3.42. The molecule has 0 aromatic heterocycles. The summed E-state index contributed by atoms with van der Waals surface area (Å²) in [5.74, 6) is -0.736. The molecule has 1 heterocycles. The predicted molar refractivity (Wildman–Crippen MR) is 110 cm³/mol. The lowest BCUT2D eigenvalue weighted by molar-refractivity contribution is -0.136. The number of nitrogens with one attached hydrogen (secondary N) is 2. The van der Waals surface area contributed by atoms with Gasteiger partial charge in [0.15, 0.2) is 0 Å². The van der Waals surface area contributed by atoms with Gasteiger partial charge in [0.25, 0.3) is 0 Å². The Morgan fingerprint density at radius 3 is 2.17 bits per heavy atom. The van der Waals surface area contributed by atoms with Gasteiger partial charge in [0.1, 0.15) is 6.04 Å². The van der Waals surface area contributed by atoms with Crippen molar-refractivity contribution in [3.63, 3.8) is 0 Å². The number of carbonyl (C=O) groups is 3. The summed E-state index contributed by atoms with van der Waals surface area (Å²) in [5, 5.41) is 5.61. The van der Waals surface area contributed by atoms with E-state index in [9.17, 15) is 14.4 Å². The van der Waals surface area contributed by atoms with Crippen LogP contribution < -0.4 is 10.6 Å². The normalized spacial score (nSPS) is 16.6. The zero-order valence-electron chi connectivity index (χ0n) is 16.6. The van der Waals surface area contributed by atoms with Crippen molar-refractivity contribution in [1.82, 2.24) is 15.5 Å². The van der Waals surface area contributed by atoms with Crippen LogP contribution in [0.15, 0.2) is 71.9 Å². The molecule has 2 N–H and O–H groups in total. The summed E-state index contributed by atoms with van der Waals surface area (Å²) in [7, 11) is 0. The molecule has 6 heteroatoms. The van der Waals surface area contributed by atoms with Gasteiger partial charge in [-0.2, -0.15) is 0 Å². The maximum atomic E-state index is 13.0. The van der Waals surface area contributed by atoms with Crippen LogP contribution in [0.3, 0.4) is 0 Å². The van der Waals surface area contributed by atoms with Crippen LogP contribution in [0.1, 0.15) is 31.4 Å². The Morgan fingerprint density at radius 1 is 1.00 bits per heavy atom. The average Bonchev–Trinajstić information content (AvgIpc) is 2.72. The molecule has 3 rings (SSSR count). The van der Waals surface area contributed by atoms with E-state index in [-0.39, 0.29) is 24.1 Å². The van der Waals surface area contributed by atoms with Crippen LogP contribution in [0.5, 0.6) is 0 Å². The quantitative estimate of drug-likeness (QED) is 0.794. The Bertz CT molecular complexity index is 923. The van der Waals surface area contributed by atoms with E-state index in [0.29, 0.717) is 24.4 Å². The van der Waals surface area contributed by atoms with Crippen molar-refractivity contribution < 1.29 is 14.4 Å². The van der Waals surface area contributed by atoms with Crippen molar-refractivity contribution in [3.05, 3.63) is 83.1 Å². The molecule has 0 saturated heterocycles. The molecule has 0 spiro atoms. The Morgan fingerprint density at radius 2 is 1.59 bits per heavy atom. The van der Waals surface area contributed by atoms with Crippen molar-refractivity contribution in [3.8, 4) is 0 Å². The highest BCUT2D eigenvalue weighted by Gasteiger charge is 2.35. The molecule has 2 aromatic rings. The second-order valence-corrected chi connectivity index (χ2v) is 7.10. The molecule has 150 valence electrons. The third kappa shape index (κ3) is 5.10. The lowest BCUT2D eigenvalue weighted by atomic mass is 9.96. The Kier molecular flexibility index (Phi) is 6.44. The van der Waals surface area contributed by atoms with Crippen molar-refractivity contribution in [2.75, 3.05) is 0 Å². The molecule has 0 bridgehead atoms. The topological polar surface area (TPSA) is 78.5 Å². The molecule has 1 aliphatic rings. The van der Waals surface area contributed by atoms with E-state index in [0.717, 1.165) is 11.1 Å². The van der Waals surface area contributed by atoms with Gasteiger partial charge in [0, 0.05) is 31.2 Å². The average molecular weight is 391 g/mol. The fourth-order valence-corrected chi connectivity index (χ4v) is 3.42. The van der Waals surface area contributed by atoms with Crippen LogP contribution in [0.25, 0.3) is 0 Å². The first kappa shape index (κ1) is 20.3. The van der Waals surface area contributed by atoms with Gasteiger partial charge < -0.3 is 15.5 Å². The third-order valence-corrected chi connectivity index (χ3v) is 4.94. The maximum absolute atomic E-state index is 13.0. The molecule has 1 atom stereocenters. The second-order valence-electron chi connectivity index (χ2n) is 7.10. The summed E-state index contributed by atoms with van der Waals surface area (Å²) in [4.78, 5) is 39.0. The van der Waals surface area contributed by atoms with Crippen LogP contribution in [0.2, 0.25) is 0 Å². The van der Waals surface area contributed by atoms with Crippen molar-refractivity contribution in [2.24, 2.45) is 0 Å². The van der Waals surface area contributed by atoms with Crippen LogP contribution in [-0.4, -0.2) is 28.7 Å². The summed E-state index contributed by atoms with van der Waals surface area (Å²) in [6, 6.07) is 18.5. The Labute approximate surface area is 170 Å². The summed E-state index contributed by atoms with van der Waals surface area (Å²) < 4.78 is 0. The third-order valence-electron chi connectivity index (χ3n) is 4.94. The first-order valence-electron chi connectivity index (χ1n) is 9.60. The molecule has 0 fully saturated rings. The van der Waals surface area contributed by atoms with Crippen molar-refractivity contribution in [2.45, 2.75) is 39.4 Å². The smallest absolute Gasteiger partial charge is 0.249 e. The van der Waals surface area contributed by atoms with Gasteiger partial charge >= 0.3 is 0 Å². The number of hydrogen-bond acceptors (Lipinski definition) is 3. The highest BCUT2D eigenvalue weighted by Crippen LogP contribution is 2.26. The molecule has 1 unspecified atom stereocenters. The monoisotopic (exact) mass is 391 g/mol. The fraction of sp³-hybridized carbons (Fsp3) is 0.261. The van der Waals surface area contributed by atoms with E-state index in [1.807, 2.05) is 60.7 Å². The Hall–Kier alpha value is -3.41. The first-order chi connectivity index (χ1) is 14.0. The summed E-state index contributed by atoms with van der Waals surface area (Å²) >= 11 is 0. The van der Waals surface area contributed by atoms with E-state index in [2.05, 4.69) is 10.6 Å². The zero-order chi connectivity index (χ0) is 20.8. The lowest BCUT2D eigenvalue weighted by Gasteiger charge is -2.35. The van der Waals surface area contributed by atoms with Gasteiger partial charge in [-0.3, -0.25) is 14.4 Å². The number of allylic oxidation sites excluding steroid dienone is 1. The van der Waals surface area contributed by atoms with E-state index in [1.54, 1.807) is 11.8 Å². The molecule has 0 saturated carbocycles. The maximum Gasteiger partial charge on any atom is 0.249 e. The first-order valence-corrected chi connectivity index (χ1v) is 9.60. The van der Waals surface area contributed by atoms with E-state index >= 15 is 0 Å². The number of rotatable bonds is 6. The largest absolute Gasteiger partial charge is 0.348 e. The standard InChI is InChI=1S/C23H25N3O3/c1-16-20(22(28)24-14-18-9-5-3-6-10-18)13-21(25-17(2)27)23(29)26(16)15-19-11-7-4-8-12-19/h3-12,21H,13-15H2,1-2H3,(H,24,28)(H,25,27). The minimum absolute atomic E-state index is 0.177. The van der Waals surface area contributed by atoms with Gasteiger partial charge in [-0.1, -0.05) is 60.7 Å². The molecule has 0 aliphatic carbocycles. The van der Waals surface area contributed by atoms with Crippen molar-refractivity contribution in [1.29, 1.82) is 0 Å². The summed E-state index contributed by atoms with van der Waals surface area (Å²) in [6.45, 7) is 3.89. The predicted octanol–water partition coefficient (Wildman–Crippen LogP) is 2.51. The van der Waals surface area contributed by atoms with Gasteiger partial charge in [-0.25, -0.2) is 0 Å². The molecule has 29 heavy (non-hydrogen) atoms. The highest BCUT2D eigenvalue weighted by molar-refractivity contribution is 5.99. The van der Waals surface area contributed by atoms with Gasteiger partial charge in [-0.15, -0.1) is 0 Å². The molecule has 6 nitrogen and oxygen atoms in total. The van der Waals surface area contributed by atoms with Crippen LogP contribution in [0.4, 0.5) is 0 Å². The summed E-state index contributed by atoms with van der Waals surface area (Å²) in [6.07, 6.45) is 0.177. The van der Waals surface area contributed by atoms with Gasteiger partial charge in [-0.05, 0) is 18.1 Å². The molecular weight excluding hydrogens is 366 g/mol. The van der Waals surface area contributed by atoms with E-state index < -0.39 is 6.04 Å². The van der Waals surface area contributed by atoms with Crippen LogP contribution in [-0.2, 0) is 27.5 Å². The highest BCUT2D eigenvalue weighted by atomic mass is 16.2. The lowest BCUT2D eigenvalue weighted by Crippen LogP contribution is -2.51. The van der Waals surface area contributed by atoms with Gasteiger partial charge in [0.2, 0.25) is 17.7 Å². The number of hydrogen-bond donors (Lipinski definition) is 2. The molecular formula is C23H25N3O3. The number of nitrogens with zero attached hydrogens (tertiary/aromatic N) is 1. The van der Waals surface area contributed by atoms with Crippen LogP contribution >= 0.6 is 0 Å². The van der Waals surface area contributed by atoms with Crippen molar-refractivity contribution >= 4 is 17.7 Å². The second kappa shape index (κ2) is 9.19.